The molecule has 0 saturated heterocycles. The average molecular weight is 467 g/mol. The molecule has 0 atom stereocenters. The summed E-state index contributed by atoms with van der Waals surface area (Å²) in [4.78, 5) is 29.9. The molecule has 9 heteroatoms. The maximum Gasteiger partial charge on any atom is 0.254 e. The molecule has 3 rings (SSSR count). The molecule has 0 aliphatic carbocycles. The third-order valence-electron chi connectivity index (χ3n) is 4.21. The Balaban J connectivity index is 1.59. The molecule has 156 valence electrons. The summed E-state index contributed by atoms with van der Waals surface area (Å²) in [5.74, 6) is 0.469. The standard InChI is InChI=1S/C21H18Cl3N3O3/c1-27(2)21(29)15-6-4-13(10-17(15)24)26-19(28)7-8-20-25-11-18(30-20)14-5-3-12(22)9-16(14)23/h3-6,9-11H,7-8H2,1-2H3,(H,26,28). The van der Waals surface area contributed by atoms with E-state index in [1.54, 1.807) is 56.7 Å². The molecule has 0 aliphatic rings. The minimum atomic E-state index is -0.234. The molecule has 2 aromatic carbocycles. The van der Waals surface area contributed by atoms with Crippen molar-refractivity contribution in [2.45, 2.75) is 12.8 Å². The monoisotopic (exact) mass is 465 g/mol. The van der Waals surface area contributed by atoms with Crippen LogP contribution in [0.25, 0.3) is 11.3 Å². The summed E-state index contributed by atoms with van der Waals surface area (Å²) in [6.07, 6.45) is 2.02. The van der Waals surface area contributed by atoms with Crippen LogP contribution in [0.1, 0.15) is 22.7 Å². The molecule has 2 amide bonds. The van der Waals surface area contributed by atoms with Crippen LogP contribution in [0.3, 0.4) is 0 Å². The number of amides is 2. The smallest absolute Gasteiger partial charge is 0.254 e. The first-order valence-corrected chi connectivity index (χ1v) is 10.1. The van der Waals surface area contributed by atoms with Gasteiger partial charge in [0.05, 0.1) is 21.8 Å². The number of nitrogens with zero attached hydrogens (tertiary/aromatic N) is 2. The number of anilines is 1. The van der Waals surface area contributed by atoms with Gasteiger partial charge < -0.3 is 14.6 Å². The van der Waals surface area contributed by atoms with Crippen LogP contribution < -0.4 is 5.32 Å². The highest BCUT2D eigenvalue weighted by Crippen LogP contribution is 2.31. The van der Waals surface area contributed by atoms with E-state index in [9.17, 15) is 9.59 Å². The summed E-state index contributed by atoms with van der Waals surface area (Å²) in [5, 5.41) is 4.00. The van der Waals surface area contributed by atoms with Gasteiger partial charge in [0.15, 0.2) is 11.7 Å². The number of halogens is 3. The summed E-state index contributed by atoms with van der Waals surface area (Å²) in [7, 11) is 3.28. The van der Waals surface area contributed by atoms with Crippen LogP contribution in [0.5, 0.6) is 0 Å². The van der Waals surface area contributed by atoms with E-state index in [0.717, 1.165) is 0 Å². The zero-order chi connectivity index (χ0) is 21.8. The van der Waals surface area contributed by atoms with Crippen LogP contribution in [-0.4, -0.2) is 35.8 Å². The van der Waals surface area contributed by atoms with Gasteiger partial charge in [0.25, 0.3) is 5.91 Å². The molecule has 1 aromatic heterocycles. The molecule has 6 nitrogen and oxygen atoms in total. The predicted octanol–water partition coefficient (Wildman–Crippen LogP) is 5.57. The lowest BCUT2D eigenvalue weighted by Gasteiger charge is -2.12. The van der Waals surface area contributed by atoms with Crippen LogP contribution in [0.2, 0.25) is 15.1 Å². The second-order valence-electron chi connectivity index (χ2n) is 6.68. The summed E-state index contributed by atoms with van der Waals surface area (Å²) >= 11 is 18.3. The first-order valence-electron chi connectivity index (χ1n) is 8.96. The minimum Gasteiger partial charge on any atom is -0.441 e. The van der Waals surface area contributed by atoms with Gasteiger partial charge >= 0.3 is 0 Å². The van der Waals surface area contributed by atoms with E-state index in [-0.39, 0.29) is 23.3 Å². The number of carbonyl (C=O) groups is 2. The number of aromatic nitrogens is 1. The number of rotatable bonds is 6. The quantitative estimate of drug-likeness (QED) is 0.515. The van der Waals surface area contributed by atoms with Crippen molar-refractivity contribution in [1.82, 2.24) is 9.88 Å². The molecule has 0 unspecified atom stereocenters. The lowest BCUT2D eigenvalue weighted by Crippen LogP contribution is -2.22. The SMILES string of the molecule is CN(C)C(=O)c1ccc(NC(=O)CCc2ncc(-c3ccc(Cl)cc3Cl)o2)cc1Cl. The maximum absolute atomic E-state index is 12.3. The number of benzene rings is 2. The van der Waals surface area contributed by atoms with E-state index < -0.39 is 0 Å². The van der Waals surface area contributed by atoms with Crippen molar-refractivity contribution < 1.29 is 14.0 Å². The largest absolute Gasteiger partial charge is 0.441 e. The van der Waals surface area contributed by atoms with E-state index in [2.05, 4.69) is 10.3 Å². The van der Waals surface area contributed by atoms with E-state index in [1.165, 1.54) is 4.90 Å². The lowest BCUT2D eigenvalue weighted by molar-refractivity contribution is -0.116. The Hall–Kier alpha value is -2.54. The van der Waals surface area contributed by atoms with Gasteiger partial charge in [-0.2, -0.15) is 0 Å². The molecule has 3 aromatic rings. The minimum absolute atomic E-state index is 0.157. The highest BCUT2D eigenvalue weighted by molar-refractivity contribution is 6.36. The highest BCUT2D eigenvalue weighted by Gasteiger charge is 2.15. The van der Waals surface area contributed by atoms with Gasteiger partial charge in [0.1, 0.15) is 0 Å². The van der Waals surface area contributed by atoms with E-state index in [1.807, 2.05) is 0 Å². The summed E-state index contributed by atoms with van der Waals surface area (Å²) < 4.78 is 5.69. The Kier molecular flexibility index (Phi) is 7.02. The predicted molar refractivity (Wildman–Crippen MR) is 118 cm³/mol. The highest BCUT2D eigenvalue weighted by atomic mass is 35.5. The van der Waals surface area contributed by atoms with Crippen molar-refractivity contribution in [3.8, 4) is 11.3 Å². The number of hydrogen-bond acceptors (Lipinski definition) is 4. The fourth-order valence-corrected chi connectivity index (χ4v) is 3.45. The van der Waals surface area contributed by atoms with Gasteiger partial charge in [-0.3, -0.25) is 9.59 Å². The number of carbonyl (C=O) groups excluding carboxylic acids is 2. The van der Waals surface area contributed by atoms with Crippen molar-refractivity contribution in [1.29, 1.82) is 0 Å². The number of aryl methyl sites for hydroxylation is 1. The Morgan fingerprint density at radius 3 is 2.50 bits per heavy atom. The lowest BCUT2D eigenvalue weighted by atomic mass is 10.1. The van der Waals surface area contributed by atoms with Crippen molar-refractivity contribution in [3.63, 3.8) is 0 Å². The maximum atomic E-state index is 12.3. The van der Waals surface area contributed by atoms with E-state index in [0.29, 0.717) is 44.9 Å². The second kappa shape index (κ2) is 9.51. The number of oxazole rings is 1. The van der Waals surface area contributed by atoms with Gasteiger partial charge in [-0.05, 0) is 36.4 Å². The van der Waals surface area contributed by atoms with Gasteiger partial charge in [-0.25, -0.2) is 4.98 Å². The Morgan fingerprint density at radius 1 is 1.07 bits per heavy atom. The third-order valence-corrected chi connectivity index (χ3v) is 5.07. The van der Waals surface area contributed by atoms with E-state index in [4.69, 9.17) is 39.2 Å². The Morgan fingerprint density at radius 2 is 1.83 bits per heavy atom. The van der Waals surface area contributed by atoms with Gasteiger partial charge in [0.2, 0.25) is 5.91 Å². The van der Waals surface area contributed by atoms with E-state index >= 15 is 0 Å². The van der Waals surface area contributed by atoms with Crippen molar-refractivity contribution in [2.24, 2.45) is 0 Å². The fourth-order valence-electron chi connectivity index (χ4n) is 2.69. The van der Waals surface area contributed by atoms with Crippen LogP contribution in [0, 0.1) is 0 Å². The summed E-state index contributed by atoms with van der Waals surface area (Å²) in [6, 6.07) is 9.83. The van der Waals surface area contributed by atoms with Gasteiger partial charge in [-0.1, -0.05) is 34.8 Å². The van der Waals surface area contributed by atoms with Gasteiger partial charge in [0, 0.05) is 43.2 Å². The normalized spacial score (nSPS) is 10.7. The molecule has 0 bridgehead atoms. The fraction of sp³-hybridized carbons (Fsp3) is 0.190. The molecule has 0 saturated carbocycles. The van der Waals surface area contributed by atoms with Crippen LogP contribution in [0.4, 0.5) is 5.69 Å². The Bertz CT molecular complexity index is 1100. The first kappa shape index (κ1) is 22.2. The molecule has 1 heterocycles. The van der Waals surface area contributed by atoms with Crippen molar-refractivity contribution >= 4 is 52.3 Å². The Labute approximate surface area is 188 Å². The van der Waals surface area contributed by atoms with Gasteiger partial charge in [-0.15, -0.1) is 0 Å². The molecule has 0 fully saturated rings. The van der Waals surface area contributed by atoms with Crippen LogP contribution in [0.15, 0.2) is 47.0 Å². The summed E-state index contributed by atoms with van der Waals surface area (Å²) in [6.45, 7) is 0. The van der Waals surface area contributed by atoms with Crippen LogP contribution in [-0.2, 0) is 11.2 Å². The zero-order valence-corrected chi connectivity index (χ0v) is 18.5. The third kappa shape index (κ3) is 5.33. The van der Waals surface area contributed by atoms with Crippen LogP contribution >= 0.6 is 34.8 Å². The number of nitrogens with one attached hydrogen (secondary N) is 1. The second-order valence-corrected chi connectivity index (χ2v) is 7.94. The molecule has 0 aliphatic heterocycles. The molecule has 1 N–H and O–H groups in total. The first-order chi connectivity index (χ1) is 14.2. The molecule has 0 spiro atoms. The number of hydrogen-bond donors (Lipinski definition) is 1. The zero-order valence-electron chi connectivity index (χ0n) is 16.2. The molecule has 0 radical (unpaired) electrons. The summed E-state index contributed by atoms with van der Waals surface area (Å²) in [5.41, 5.74) is 1.54. The molecular formula is C21H18Cl3N3O3. The molecular weight excluding hydrogens is 449 g/mol. The average Bonchev–Trinajstić information content (AvgIpc) is 3.14. The van der Waals surface area contributed by atoms with Crippen molar-refractivity contribution in [3.05, 3.63) is 69.1 Å². The topological polar surface area (TPSA) is 75.4 Å². The van der Waals surface area contributed by atoms with Crippen molar-refractivity contribution in [2.75, 3.05) is 19.4 Å². The molecule has 30 heavy (non-hydrogen) atoms.